The lowest BCUT2D eigenvalue weighted by atomic mass is 9.96. The predicted molar refractivity (Wildman–Crippen MR) is 64.7 cm³/mol. The van der Waals surface area contributed by atoms with E-state index in [0.717, 1.165) is 12.8 Å². The van der Waals surface area contributed by atoms with Gasteiger partial charge in [-0.1, -0.05) is 36.4 Å². The molecular weight excluding hydrogens is 196 g/mol. The van der Waals surface area contributed by atoms with Gasteiger partial charge in [-0.05, 0) is 47.6 Å². The van der Waals surface area contributed by atoms with E-state index in [1.807, 2.05) is 12.1 Å². The van der Waals surface area contributed by atoms with Gasteiger partial charge >= 0.3 is 0 Å². The van der Waals surface area contributed by atoms with E-state index in [1.165, 1.54) is 16.7 Å². The minimum Gasteiger partial charge on any atom is -0.508 e. The number of hydrogen-bond donors (Lipinski definition) is 1. The van der Waals surface area contributed by atoms with Gasteiger partial charge < -0.3 is 5.11 Å². The monoisotopic (exact) mass is 210 g/mol. The van der Waals surface area contributed by atoms with Crippen molar-refractivity contribution in [2.24, 2.45) is 0 Å². The fraction of sp³-hybridized carbons (Fsp3) is 0.200. The Bertz CT molecular complexity index is 474. The summed E-state index contributed by atoms with van der Waals surface area (Å²) in [5.41, 5.74) is 4.27. The molecule has 0 aromatic heterocycles. The maximum atomic E-state index is 9.27. The number of aromatic hydroxyl groups is 1. The lowest BCUT2D eigenvalue weighted by molar-refractivity contribution is 0.475. The summed E-state index contributed by atoms with van der Waals surface area (Å²) in [5.74, 6) is 0.928. The number of phenolic OH excluding ortho intramolecular Hbond substituents is 1. The van der Waals surface area contributed by atoms with Crippen molar-refractivity contribution in [1.82, 2.24) is 0 Å². The van der Waals surface area contributed by atoms with Gasteiger partial charge in [-0.3, -0.25) is 0 Å². The van der Waals surface area contributed by atoms with Gasteiger partial charge in [0.05, 0.1) is 0 Å². The molecule has 0 unspecified atom stereocenters. The third kappa shape index (κ3) is 1.58. The van der Waals surface area contributed by atoms with Gasteiger partial charge in [0.2, 0.25) is 0 Å². The summed E-state index contributed by atoms with van der Waals surface area (Å²) in [7, 11) is 0. The van der Waals surface area contributed by atoms with Gasteiger partial charge in [0.25, 0.3) is 0 Å². The van der Waals surface area contributed by atoms with E-state index in [4.69, 9.17) is 0 Å². The van der Waals surface area contributed by atoms with Crippen LogP contribution in [0.15, 0.2) is 48.5 Å². The van der Waals surface area contributed by atoms with Gasteiger partial charge in [0, 0.05) is 0 Å². The molecule has 0 heterocycles. The van der Waals surface area contributed by atoms with E-state index >= 15 is 0 Å². The molecule has 0 fully saturated rings. The summed E-state index contributed by atoms with van der Waals surface area (Å²) in [6.45, 7) is 0. The molecular formula is C15H14O. The van der Waals surface area contributed by atoms with E-state index in [2.05, 4.69) is 24.3 Å². The Kier molecular flexibility index (Phi) is 2.17. The van der Waals surface area contributed by atoms with Crippen LogP contribution in [0.3, 0.4) is 0 Å². The van der Waals surface area contributed by atoms with E-state index in [-0.39, 0.29) is 0 Å². The molecule has 0 saturated heterocycles. The molecule has 0 atom stereocenters. The molecule has 0 aliphatic heterocycles. The molecule has 2 aromatic carbocycles. The van der Waals surface area contributed by atoms with Crippen molar-refractivity contribution in [2.75, 3.05) is 0 Å². The molecule has 0 bridgehead atoms. The lowest BCUT2D eigenvalue weighted by Crippen LogP contribution is -1.96. The number of phenols is 1. The van der Waals surface area contributed by atoms with Crippen molar-refractivity contribution in [2.45, 2.75) is 18.8 Å². The molecule has 16 heavy (non-hydrogen) atoms. The summed E-state index contributed by atoms with van der Waals surface area (Å²) >= 11 is 0. The first kappa shape index (κ1) is 9.46. The number of fused-ring (bicyclic) bond motifs is 1. The zero-order valence-electron chi connectivity index (χ0n) is 9.06. The van der Waals surface area contributed by atoms with Gasteiger partial charge in [0.1, 0.15) is 5.75 Å². The van der Waals surface area contributed by atoms with Crippen LogP contribution in [-0.4, -0.2) is 5.11 Å². The normalized spacial score (nSPS) is 15.0. The zero-order chi connectivity index (χ0) is 11.0. The molecule has 80 valence electrons. The van der Waals surface area contributed by atoms with Crippen LogP contribution in [0.1, 0.15) is 22.6 Å². The maximum absolute atomic E-state index is 9.27. The minimum absolute atomic E-state index is 0.347. The summed E-state index contributed by atoms with van der Waals surface area (Å²) in [6.07, 6.45) is 2.25. The van der Waals surface area contributed by atoms with Crippen LogP contribution in [0.25, 0.3) is 0 Å². The molecule has 3 rings (SSSR count). The maximum Gasteiger partial charge on any atom is 0.115 e. The Morgan fingerprint density at radius 3 is 1.94 bits per heavy atom. The van der Waals surface area contributed by atoms with Crippen LogP contribution in [-0.2, 0) is 12.8 Å². The second-order valence-corrected chi connectivity index (χ2v) is 4.47. The van der Waals surface area contributed by atoms with E-state index in [9.17, 15) is 5.11 Å². The van der Waals surface area contributed by atoms with Crippen LogP contribution in [0, 0.1) is 0 Å². The van der Waals surface area contributed by atoms with Crippen LogP contribution < -0.4 is 0 Å². The predicted octanol–water partition coefficient (Wildman–Crippen LogP) is 3.27. The quantitative estimate of drug-likeness (QED) is 0.765. The van der Waals surface area contributed by atoms with Gasteiger partial charge in [-0.15, -0.1) is 0 Å². The summed E-state index contributed by atoms with van der Waals surface area (Å²) in [5, 5.41) is 9.27. The summed E-state index contributed by atoms with van der Waals surface area (Å²) in [6, 6.07) is 16.3. The zero-order valence-corrected chi connectivity index (χ0v) is 9.06. The van der Waals surface area contributed by atoms with Gasteiger partial charge in [0.15, 0.2) is 0 Å². The molecule has 2 aromatic rings. The smallest absolute Gasteiger partial charge is 0.115 e. The summed E-state index contributed by atoms with van der Waals surface area (Å²) < 4.78 is 0. The first-order valence-corrected chi connectivity index (χ1v) is 5.68. The average molecular weight is 210 g/mol. The average Bonchev–Trinajstić information content (AvgIpc) is 2.73. The second kappa shape index (κ2) is 3.67. The molecule has 0 saturated carbocycles. The van der Waals surface area contributed by atoms with Crippen molar-refractivity contribution in [3.05, 3.63) is 65.2 Å². The molecule has 1 nitrogen and oxygen atoms in total. The Morgan fingerprint density at radius 2 is 1.38 bits per heavy atom. The van der Waals surface area contributed by atoms with Gasteiger partial charge in [-0.25, -0.2) is 0 Å². The molecule has 0 radical (unpaired) electrons. The number of benzene rings is 2. The van der Waals surface area contributed by atoms with Crippen LogP contribution in [0.4, 0.5) is 0 Å². The first-order valence-electron chi connectivity index (χ1n) is 5.68. The molecule has 0 spiro atoms. The largest absolute Gasteiger partial charge is 0.508 e. The summed E-state index contributed by atoms with van der Waals surface area (Å²) in [4.78, 5) is 0. The number of rotatable bonds is 1. The fourth-order valence-electron chi connectivity index (χ4n) is 2.54. The number of hydrogen-bond acceptors (Lipinski definition) is 1. The fourth-order valence-corrected chi connectivity index (χ4v) is 2.54. The topological polar surface area (TPSA) is 20.2 Å². The van der Waals surface area contributed by atoms with Crippen molar-refractivity contribution in [3.8, 4) is 5.75 Å². The van der Waals surface area contributed by atoms with E-state index < -0.39 is 0 Å². The third-order valence-electron chi connectivity index (χ3n) is 3.42. The van der Waals surface area contributed by atoms with Crippen LogP contribution >= 0.6 is 0 Å². The molecule has 1 aliphatic rings. The minimum atomic E-state index is 0.347. The molecule has 0 amide bonds. The molecule has 1 aliphatic carbocycles. The van der Waals surface area contributed by atoms with E-state index in [1.54, 1.807) is 12.1 Å². The Morgan fingerprint density at radius 1 is 0.812 bits per heavy atom. The highest BCUT2D eigenvalue weighted by Crippen LogP contribution is 2.34. The second-order valence-electron chi connectivity index (χ2n) is 4.47. The Hall–Kier alpha value is -1.76. The highest BCUT2D eigenvalue weighted by atomic mass is 16.3. The van der Waals surface area contributed by atoms with Crippen molar-refractivity contribution >= 4 is 0 Å². The van der Waals surface area contributed by atoms with Crippen molar-refractivity contribution < 1.29 is 5.11 Å². The Balaban J connectivity index is 1.88. The SMILES string of the molecule is Oc1ccc(C2Cc3ccccc3C2)cc1. The standard InChI is InChI=1S/C15H14O/c16-15-7-5-11(6-8-15)14-9-12-3-1-2-4-13(12)10-14/h1-8,14,16H,9-10H2. The molecule has 1 heteroatoms. The highest BCUT2D eigenvalue weighted by Gasteiger charge is 2.21. The Labute approximate surface area is 95.4 Å². The van der Waals surface area contributed by atoms with Crippen LogP contribution in [0.5, 0.6) is 5.75 Å². The first-order chi connectivity index (χ1) is 7.83. The highest BCUT2D eigenvalue weighted by molar-refractivity contribution is 5.38. The lowest BCUT2D eigenvalue weighted by Gasteiger charge is -2.08. The van der Waals surface area contributed by atoms with E-state index in [0.29, 0.717) is 11.7 Å². The third-order valence-corrected chi connectivity index (χ3v) is 3.42. The van der Waals surface area contributed by atoms with Crippen LogP contribution in [0.2, 0.25) is 0 Å². The molecule has 1 N–H and O–H groups in total. The van der Waals surface area contributed by atoms with Gasteiger partial charge in [-0.2, -0.15) is 0 Å². The van der Waals surface area contributed by atoms with Crippen molar-refractivity contribution in [3.63, 3.8) is 0 Å². The van der Waals surface area contributed by atoms with Crippen molar-refractivity contribution in [1.29, 1.82) is 0 Å².